The van der Waals surface area contributed by atoms with E-state index in [1.54, 1.807) is 24.3 Å². The van der Waals surface area contributed by atoms with Crippen LogP contribution in [-0.2, 0) is 4.79 Å². The van der Waals surface area contributed by atoms with Gasteiger partial charge in [-0.3, -0.25) is 4.79 Å². The zero-order valence-corrected chi connectivity index (χ0v) is 12.6. The van der Waals surface area contributed by atoms with Crippen LogP contribution in [-0.4, -0.2) is 15.2 Å². The van der Waals surface area contributed by atoms with Crippen molar-refractivity contribution < 1.29 is 13.6 Å². The van der Waals surface area contributed by atoms with Crippen LogP contribution in [0.1, 0.15) is 5.69 Å². The third-order valence-electron chi connectivity index (χ3n) is 2.91. The van der Waals surface area contributed by atoms with E-state index in [0.29, 0.717) is 26.2 Å². The first-order valence-corrected chi connectivity index (χ1v) is 7.43. The molecule has 0 unspecified atom stereocenters. The molecule has 3 nitrogen and oxygen atoms in total. The summed E-state index contributed by atoms with van der Waals surface area (Å²) in [5, 5.41) is 2.52. The monoisotopic (exact) mass is 334 g/mol. The van der Waals surface area contributed by atoms with E-state index in [1.807, 2.05) is 0 Å². The molecule has 1 saturated heterocycles. The minimum Gasteiger partial charge on any atom is -0.307 e. The lowest BCUT2D eigenvalue weighted by atomic mass is 10.1. The molecule has 1 aromatic heterocycles. The molecule has 2 heterocycles. The number of carbonyl (C=O) groups excluding carboxylic acids is 1. The third kappa shape index (κ3) is 3.05. The molecule has 3 rings (SSSR count). The van der Waals surface area contributed by atoms with Gasteiger partial charge in [-0.15, -0.1) is 0 Å². The number of carbonyl (C=O) groups is 1. The number of thioether (sulfide) groups is 1. The fourth-order valence-corrected chi connectivity index (χ4v) is 2.93. The predicted molar refractivity (Wildman–Crippen MR) is 85.9 cm³/mol. The van der Waals surface area contributed by atoms with E-state index in [2.05, 4.69) is 10.3 Å². The Hall–Kier alpha value is -2.12. The van der Waals surface area contributed by atoms with Crippen molar-refractivity contribution in [1.29, 1.82) is 0 Å². The molecule has 1 aliphatic heterocycles. The summed E-state index contributed by atoms with van der Waals surface area (Å²) in [6.07, 6.45) is 1.60. The molecule has 1 amide bonds. The number of amides is 1. The van der Waals surface area contributed by atoms with Crippen LogP contribution in [0.25, 0.3) is 17.3 Å². The Morgan fingerprint density at radius 2 is 2.00 bits per heavy atom. The molecule has 0 atom stereocenters. The van der Waals surface area contributed by atoms with E-state index in [1.165, 1.54) is 6.07 Å². The van der Waals surface area contributed by atoms with E-state index < -0.39 is 11.6 Å². The summed E-state index contributed by atoms with van der Waals surface area (Å²) < 4.78 is 26.7. The average Bonchev–Trinajstić information content (AvgIpc) is 2.80. The highest BCUT2D eigenvalue weighted by molar-refractivity contribution is 8.26. The molecule has 0 bridgehead atoms. The second-order valence-electron chi connectivity index (χ2n) is 4.43. The molecule has 1 fully saturated rings. The fourth-order valence-electron chi connectivity index (χ4n) is 1.90. The van der Waals surface area contributed by atoms with Crippen molar-refractivity contribution in [3.05, 3.63) is 58.6 Å². The largest absolute Gasteiger partial charge is 0.307 e. The summed E-state index contributed by atoms with van der Waals surface area (Å²) in [6, 6.07) is 8.71. The maximum absolute atomic E-state index is 13.3. The number of benzene rings is 1. The molecular weight excluding hydrogens is 326 g/mol. The summed E-state index contributed by atoms with van der Waals surface area (Å²) in [5.74, 6) is -2.11. The number of hydrogen-bond acceptors (Lipinski definition) is 4. The van der Waals surface area contributed by atoms with Gasteiger partial charge in [0.15, 0.2) is 11.6 Å². The van der Waals surface area contributed by atoms with Crippen LogP contribution in [0, 0.1) is 11.6 Å². The summed E-state index contributed by atoms with van der Waals surface area (Å²) in [4.78, 5) is 16.4. The lowest BCUT2D eigenvalue weighted by Crippen LogP contribution is -2.17. The molecule has 7 heteroatoms. The summed E-state index contributed by atoms with van der Waals surface area (Å²) in [6.45, 7) is 0. The van der Waals surface area contributed by atoms with E-state index in [4.69, 9.17) is 12.2 Å². The Labute approximate surface area is 134 Å². The first kappa shape index (κ1) is 14.8. The van der Waals surface area contributed by atoms with Crippen LogP contribution in [0.15, 0.2) is 41.3 Å². The van der Waals surface area contributed by atoms with Gasteiger partial charge < -0.3 is 5.32 Å². The highest BCUT2D eigenvalue weighted by atomic mass is 32.2. The van der Waals surface area contributed by atoms with Crippen molar-refractivity contribution in [2.75, 3.05) is 0 Å². The van der Waals surface area contributed by atoms with Gasteiger partial charge in [-0.25, -0.2) is 13.8 Å². The van der Waals surface area contributed by atoms with Gasteiger partial charge in [0.25, 0.3) is 5.91 Å². The first-order valence-electron chi connectivity index (χ1n) is 6.20. The van der Waals surface area contributed by atoms with Crippen molar-refractivity contribution in [3.8, 4) is 11.3 Å². The van der Waals surface area contributed by atoms with Crippen molar-refractivity contribution in [2.24, 2.45) is 0 Å². The molecule has 1 N–H and O–H groups in total. The van der Waals surface area contributed by atoms with Crippen LogP contribution >= 0.6 is 24.0 Å². The Morgan fingerprint density at radius 3 is 2.68 bits per heavy atom. The second-order valence-corrected chi connectivity index (χ2v) is 6.15. The van der Waals surface area contributed by atoms with Crippen LogP contribution in [0.2, 0.25) is 0 Å². The van der Waals surface area contributed by atoms with Gasteiger partial charge in [-0.2, -0.15) is 0 Å². The topological polar surface area (TPSA) is 42.0 Å². The SMILES string of the molecule is O=C1NC(=S)SC1=Cc1cccc(-c2ccc(F)c(F)c2)n1. The fraction of sp³-hybridized carbons (Fsp3) is 0. The second kappa shape index (κ2) is 5.94. The lowest BCUT2D eigenvalue weighted by Gasteiger charge is -2.03. The first-order chi connectivity index (χ1) is 10.5. The van der Waals surface area contributed by atoms with Crippen molar-refractivity contribution in [1.82, 2.24) is 10.3 Å². The van der Waals surface area contributed by atoms with E-state index in [-0.39, 0.29) is 5.91 Å². The zero-order valence-electron chi connectivity index (χ0n) is 11.0. The maximum Gasteiger partial charge on any atom is 0.263 e. The van der Waals surface area contributed by atoms with Crippen molar-refractivity contribution >= 4 is 40.3 Å². The minimum absolute atomic E-state index is 0.268. The molecule has 2 aromatic rings. The van der Waals surface area contributed by atoms with Gasteiger partial charge >= 0.3 is 0 Å². The Kier molecular flexibility index (Phi) is 4.00. The van der Waals surface area contributed by atoms with Gasteiger partial charge in [-0.1, -0.05) is 30.0 Å². The average molecular weight is 334 g/mol. The van der Waals surface area contributed by atoms with Crippen molar-refractivity contribution in [2.45, 2.75) is 0 Å². The molecule has 0 aliphatic carbocycles. The van der Waals surface area contributed by atoms with Crippen LogP contribution in [0.4, 0.5) is 8.78 Å². The van der Waals surface area contributed by atoms with E-state index in [9.17, 15) is 13.6 Å². The number of halogens is 2. The molecular formula is C15H8F2N2OS2. The number of nitrogens with zero attached hydrogens (tertiary/aromatic N) is 1. The Balaban J connectivity index is 1.96. The summed E-state index contributed by atoms with van der Waals surface area (Å²) >= 11 is 6.07. The van der Waals surface area contributed by atoms with Crippen molar-refractivity contribution in [3.63, 3.8) is 0 Å². The minimum atomic E-state index is -0.931. The standard InChI is InChI=1S/C15H8F2N2OS2/c16-10-5-4-8(6-11(10)17)12-3-1-2-9(18-12)7-13-14(20)19-15(21)22-13/h1-7H,(H,19,20,21). The molecule has 0 spiro atoms. The third-order valence-corrected chi connectivity index (χ3v) is 4.07. The molecule has 110 valence electrons. The van der Waals surface area contributed by atoms with Gasteiger partial charge in [0, 0.05) is 5.56 Å². The summed E-state index contributed by atoms with van der Waals surface area (Å²) in [7, 11) is 0. The normalized spacial score (nSPS) is 16.2. The van der Waals surface area contributed by atoms with Crippen LogP contribution < -0.4 is 5.32 Å². The summed E-state index contributed by atoms with van der Waals surface area (Å²) in [5.41, 5.74) is 1.47. The number of hydrogen-bond donors (Lipinski definition) is 1. The molecule has 0 saturated carbocycles. The van der Waals surface area contributed by atoms with Gasteiger partial charge in [0.1, 0.15) is 4.32 Å². The number of thiocarbonyl (C=S) groups is 1. The Bertz CT molecular complexity index is 821. The quantitative estimate of drug-likeness (QED) is 0.674. The number of aromatic nitrogens is 1. The van der Waals surface area contributed by atoms with Crippen LogP contribution in [0.3, 0.4) is 0 Å². The van der Waals surface area contributed by atoms with E-state index >= 15 is 0 Å². The zero-order chi connectivity index (χ0) is 15.7. The maximum atomic E-state index is 13.3. The Morgan fingerprint density at radius 1 is 1.18 bits per heavy atom. The number of rotatable bonds is 2. The van der Waals surface area contributed by atoms with E-state index in [0.717, 1.165) is 23.9 Å². The molecule has 0 radical (unpaired) electrons. The van der Waals surface area contributed by atoms with Gasteiger partial charge in [-0.05, 0) is 36.4 Å². The molecule has 1 aliphatic rings. The lowest BCUT2D eigenvalue weighted by molar-refractivity contribution is -0.115. The highest BCUT2D eigenvalue weighted by Gasteiger charge is 2.22. The van der Waals surface area contributed by atoms with Crippen LogP contribution in [0.5, 0.6) is 0 Å². The molecule has 22 heavy (non-hydrogen) atoms. The number of pyridine rings is 1. The van der Waals surface area contributed by atoms with Gasteiger partial charge in [0.2, 0.25) is 0 Å². The van der Waals surface area contributed by atoms with Gasteiger partial charge in [0.05, 0.1) is 16.3 Å². The smallest absolute Gasteiger partial charge is 0.263 e. The number of nitrogens with one attached hydrogen (secondary N) is 1. The highest BCUT2D eigenvalue weighted by Crippen LogP contribution is 2.26. The predicted octanol–water partition coefficient (Wildman–Crippen LogP) is 3.52. The molecule has 1 aromatic carbocycles.